The molecule has 0 spiro atoms. The summed E-state index contributed by atoms with van der Waals surface area (Å²) < 4.78 is 12.8. The zero-order valence-corrected chi connectivity index (χ0v) is 9.44. The highest BCUT2D eigenvalue weighted by Gasteiger charge is 2.14. The topological polar surface area (TPSA) is 49.8 Å². The lowest BCUT2D eigenvalue weighted by Crippen LogP contribution is -1.89. The number of hydrogen-bond donors (Lipinski definition) is 1. The molecule has 16 heavy (non-hydrogen) atoms. The predicted octanol–water partition coefficient (Wildman–Crippen LogP) is 3.32. The molecule has 0 fully saturated rings. The SMILES string of the molecule is Cc1sc(C#N)c(N)c1-c1ccc(F)cc1. The van der Waals surface area contributed by atoms with Gasteiger partial charge in [-0.25, -0.2) is 4.39 Å². The second-order valence-electron chi connectivity index (χ2n) is 3.39. The van der Waals surface area contributed by atoms with E-state index in [4.69, 9.17) is 11.0 Å². The van der Waals surface area contributed by atoms with Crippen LogP contribution in [0.4, 0.5) is 10.1 Å². The summed E-state index contributed by atoms with van der Waals surface area (Å²) in [6.07, 6.45) is 0. The number of rotatable bonds is 1. The van der Waals surface area contributed by atoms with Crippen molar-refractivity contribution in [2.45, 2.75) is 6.92 Å². The molecule has 80 valence electrons. The Balaban J connectivity index is 2.61. The van der Waals surface area contributed by atoms with Crippen LogP contribution in [0.5, 0.6) is 0 Å². The Kier molecular flexibility index (Phi) is 2.63. The summed E-state index contributed by atoms with van der Waals surface area (Å²) in [5, 5.41) is 8.87. The van der Waals surface area contributed by atoms with Crippen molar-refractivity contribution in [2.24, 2.45) is 0 Å². The number of nitriles is 1. The van der Waals surface area contributed by atoms with Crippen LogP contribution in [0.1, 0.15) is 9.75 Å². The second-order valence-corrected chi connectivity index (χ2v) is 4.62. The number of hydrogen-bond acceptors (Lipinski definition) is 3. The Morgan fingerprint density at radius 3 is 2.44 bits per heavy atom. The predicted molar refractivity (Wildman–Crippen MR) is 63.6 cm³/mol. The zero-order valence-electron chi connectivity index (χ0n) is 8.62. The molecule has 4 heteroatoms. The van der Waals surface area contributed by atoms with E-state index in [0.29, 0.717) is 10.6 Å². The highest BCUT2D eigenvalue weighted by Crippen LogP contribution is 2.37. The van der Waals surface area contributed by atoms with Gasteiger partial charge in [0, 0.05) is 10.4 Å². The summed E-state index contributed by atoms with van der Waals surface area (Å²) in [5.74, 6) is -0.282. The number of nitrogens with zero attached hydrogens (tertiary/aromatic N) is 1. The molecule has 0 aliphatic rings. The molecule has 2 nitrogen and oxygen atoms in total. The minimum absolute atomic E-state index is 0.282. The summed E-state index contributed by atoms with van der Waals surface area (Å²) >= 11 is 1.36. The third-order valence-electron chi connectivity index (χ3n) is 2.36. The summed E-state index contributed by atoms with van der Waals surface area (Å²) in [6.45, 7) is 1.90. The third-order valence-corrected chi connectivity index (χ3v) is 3.38. The molecule has 0 saturated heterocycles. The molecular formula is C12H9FN2S. The lowest BCUT2D eigenvalue weighted by atomic mass is 10.0. The van der Waals surface area contributed by atoms with Crippen molar-refractivity contribution in [3.63, 3.8) is 0 Å². The van der Waals surface area contributed by atoms with Crippen molar-refractivity contribution in [3.05, 3.63) is 39.8 Å². The van der Waals surface area contributed by atoms with E-state index in [1.165, 1.54) is 23.5 Å². The summed E-state index contributed by atoms with van der Waals surface area (Å²) in [5.41, 5.74) is 8.04. The maximum atomic E-state index is 12.8. The molecule has 0 aliphatic heterocycles. The largest absolute Gasteiger partial charge is 0.396 e. The molecule has 0 radical (unpaired) electrons. The zero-order chi connectivity index (χ0) is 11.7. The first-order valence-corrected chi connectivity index (χ1v) is 5.50. The van der Waals surface area contributed by atoms with Crippen LogP contribution in [0.15, 0.2) is 24.3 Å². The monoisotopic (exact) mass is 232 g/mol. The van der Waals surface area contributed by atoms with Crippen LogP contribution in [0.2, 0.25) is 0 Å². The van der Waals surface area contributed by atoms with Crippen molar-refractivity contribution >= 4 is 17.0 Å². The Labute approximate surface area is 96.8 Å². The Morgan fingerprint density at radius 2 is 1.94 bits per heavy atom. The third kappa shape index (κ3) is 1.66. The molecular weight excluding hydrogens is 223 g/mol. The van der Waals surface area contributed by atoms with Crippen molar-refractivity contribution in [3.8, 4) is 17.2 Å². The number of aryl methyl sites for hydroxylation is 1. The van der Waals surface area contributed by atoms with E-state index in [2.05, 4.69) is 6.07 Å². The van der Waals surface area contributed by atoms with E-state index in [-0.39, 0.29) is 5.82 Å². The van der Waals surface area contributed by atoms with Gasteiger partial charge in [0.25, 0.3) is 0 Å². The second kappa shape index (κ2) is 3.95. The fraction of sp³-hybridized carbons (Fsp3) is 0.0833. The number of benzene rings is 1. The lowest BCUT2D eigenvalue weighted by Gasteiger charge is -2.02. The molecule has 2 N–H and O–H groups in total. The lowest BCUT2D eigenvalue weighted by molar-refractivity contribution is 0.628. The molecule has 0 atom stereocenters. The molecule has 0 bridgehead atoms. The van der Waals surface area contributed by atoms with Gasteiger partial charge in [-0.3, -0.25) is 0 Å². The highest BCUT2D eigenvalue weighted by molar-refractivity contribution is 7.13. The normalized spacial score (nSPS) is 10.1. The van der Waals surface area contributed by atoms with E-state index in [0.717, 1.165) is 16.0 Å². The van der Waals surface area contributed by atoms with E-state index < -0.39 is 0 Å². The van der Waals surface area contributed by atoms with Gasteiger partial charge in [0.2, 0.25) is 0 Å². The highest BCUT2D eigenvalue weighted by atomic mass is 32.1. The number of nitrogens with two attached hydrogens (primary N) is 1. The molecule has 1 aromatic carbocycles. The molecule has 0 unspecified atom stereocenters. The van der Waals surface area contributed by atoms with Gasteiger partial charge in [-0.05, 0) is 24.6 Å². The summed E-state index contributed by atoms with van der Waals surface area (Å²) in [4.78, 5) is 1.48. The average molecular weight is 232 g/mol. The van der Waals surface area contributed by atoms with Gasteiger partial charge < -0.3 is 5.73 Å². The molecule has 0 amide bonds. The number of thiophene rings is 1. The first-order valence-electron chi connectivity index (χ1n) is 4.68. The van der Waals surface area contributed by atoms with Gasteiger partial charge in [0.15, 0.2) is 0 Å². The summed E-state index contributed by atoms with van der Waals surface area (Å²) in [6, 6.07) is 8.17. The average Bonchev–Trinajstić information content (AvgIpc) is 2.56. The van der Waals surface area contributed by atoms with Gasteiger partial charge in [-0.1, -0.05) is 12.1 Å². The molecule has 0 saturated carbocycles. The van der Waals surface area contributed by atoms with Gasteiger partial charge >= 0.3 is 0 Å². The van der Waals surface area contributed by atoms with Crippen LogP contribution in [-0.4, -0.2) is 0 Å². The van der Waals surface area contributed by atoms with Crippen LogP contribution in [-0.2, 0) is 0 Å². The van der Waals surface area contributed by atoms with Crippen molar-refractivity contribution in [2.75, 3.05) is 5.73 Å². The number of nitrogen functional groups attached to an aromatic ring is 1. The maximum Gasteiger partial charge on any atom is 0.128 e. The molecule has 1 aromatic heterocycles. The van der Waals surface area contributed by atoms with Crippen LogP contribution >= 0.6 is 11.3 Å². The van der Waals surface area contributed by atoms with Gasteiger partial charge in [0.05, 0.1) is 5.69 Å². The maximum absolute atomic E-state index is 12.8. The Bertz CT molecular complexity index is 564. The van der Waals surface area contributed by atoms with Crippen molar-refractivity contribution in [1.29, 1.82) is 5.26 Å². The fourth-order valence-electron chi connectivity index (χ4n) is 1.62. The van der Waals surface area contributed by atoms with E-state index in [9.17, 15) is 4.39 Å². The van der Waals surface area contributed by atoms with Crippen LogP contribution in [0.3, 0.4) is 0 Å². The molecule has 1 heterocycles. The standard InChI is InChI=1S/C12H9FN2S/c1-7-11(12(15)10(6-14)16-7)8-2-4-9(13)5-3-8/h2-5H,15H2,1H3. The molecule has 2 rings (SSSR count). The molecule has 0 aliphatic carbocycles. The summed E-state index contributed by atoms with van der Waals surface area (Å²) in [7, 11) is 0. The van der Waals surface area contributed by atoms with Crippen molar-refractivity contribution in [1.82, 2.24) is 0 Å². The minimum atomic E-state index is -0.282. The molecule has 2 aromatic rings. The van der Waals surface area contributed by atoms with Gasteiger partial charge in [-0.2, -0.15) is 5.26 Å². The van der Waals surface area contributed by atoms with E-state index >= 15 is 0 Å². The van der Waals surface area contributed by atoms with Crippen LogP contribution in [0, 0.1) is 24.1 Å². The fourth-order valence-corrected chi connectivity index (χ4v) is 2.51. The number of anilines is 1. The Morgan fingerprint density at radius 1 is 1.31 bits per heavy atom. The van der Waals surface area contributed by atoms with Crippen LogP contribution < -0.4 is 5.73 Å². The first kappa shape index (κ1) is 10.7. The van der Waals surface area contributed by atoms with Gasteiger partial charge in [0.1, 0.15) is 16.8 Å². The van der Waals surface area contributed by atoms with E-state index in [1.807, 2.05) is 6.92 Å². The quantitative estimate of drug-likeness (QED) is 0.820. The smallest absolute Gasteiger partial charge is 0.128 e. The minimum Gasteiger partial charge on any atom is -0.396 e. The van der Waals surface area contributed by atoms with Crippen LogP contribution in [0.25, 0.3) is 11.1 Å². The first-order chi connectivity index (χ1) is 7.63. The number of halogens is 1. The van der Waals surface area contributed by atoms with Crippen molar-refractivity contribution < 1.29 is 4.39 Å². The Hall–Kier alpha value is -1.86. The van der Waals surface area contributed by atoms with Gasteiger partial charge in [-0.15, -0.1) is 11.3 Å². The van der Waals surface area contributed by atoms with E-state index in [1.54, 1.807) is 12.1 Å².